The summed E-state index contributed by atoms with van der Waals surface area (Å²) in [7, 11) is 0. The Kier molecular flexibility index (Phi) is 5.60. The van der Waals surface area contributed by atoms with Crippen LogP contribution in [-0.4, -0.2) is 48.2 Å². The number of amides is 1. The van der Waals surface area contributed by atoms with Crippen LogP contribution in [0.15, 0.2) is 30.3 Å². The number of piperazine rings is 1. The highest BCUT2D eigenvalue weighted by molar-refractivity contribution is 5.78. The first kappa shape index (κ1) is 17.3. The summed E-state index contributed by atoms with van der Waals surface area (Å²) in [5, 5.41) is 3.08. The molecule has 1 aliphatic heterocycles. The summed E-state index contributed by atoms with van der Waals surface area (Å²) < 4.78 is 10.7. The lowest BCUT2D eigenvalue weighted by molar-refractivity contribution is -0.148. The molecule has 1 saturated heterocycles. The van der Waals surface area contributed by atoms with Crippen LogP contribution in [0, 0.1) is 0 Å². The molecule has 126 valence electrons. The third kappa shape index (κ3) is 5.56. The molecule has 1 aromatic rings. The monoisotopic (exact) mass is 320 g/mol. The van der Waals surface area contributed by atoms with E-state index in [0.29, 0.717) is 13.1 Å². The van der Waals surface area contributed by atoms with Crippen molar-refractivity contribution in [1.82, 2.24) is 10.2 Å². The number of benzene rings is 1. The van der Waals surface area contributed by atoms with Crippen molar-refractivity contribution >= 4 is 12.1 Å². The molecule has 1 amide bonds. The van der Waals surface area contributed by atoms with E-state index in [-0.39, 0.29) is 19.1 Å². The summed E-state index contributed by atoms with van der Waals surface area (Å²) in [5.74, 6) is -0.359. The second-order valence-electron chi connectivity index (χ2n) is 6.53. The van der Waals surface area contributed by atoms with Gasteiger partial charge in [-0.15, -0.1) is 0 Å². The second-order valence-corrected chi connectivity index (χ2v) is 6.53. The molecule has 1 aliphatic rings. The van der Waals surface area contributed by atoms with E-state index < -0.39 is 17.7 Å². The zero-order chi connectivity index (χ0) is 16.9. The van der Waals surface area contributed by atoms with Crippen LogP contribution in [0.2, 0.25) is 0 Å². The van der Waals surface area contributed by atoms with E-state index in [1.807, 2.05) is 51.1 Å². The Morgan fingerprint density at radius 2 is 1.96 bits per heavy atom. The number of nitrogens with zero attached hydrogens (tertiary/aromatic N) is 1. The number of carbonyl (C=O) groups excluding carboxylic acids is 2. The Morgan fingerprint density at radius 3 is 2.61 bits per heavy atom. The molecule has 1 aromatic carbocycles. The highest BCUT2D eigenvalue weighted by atomic mass is 16.6. The average Bonchev–Trinajstić information content (AvgIpc) is 2.52. The molecule has 6 heteroatoms. The fourth-order valence-corrected chi connectivity index (χ4v) is 2.23. The largest absolute Gasteiger partial charge is 0.460 e. The van der Waals surface area contributed by atoms with Gasteiger partial charge in [0.2, 0.25) is 0 Å². The molecule has 23 heavy (non-hydrogen) atoms. The molecule has 0 spiro atoms. The molecule has 0 bridgehead atoms. The molecular weight excluding hydrogens is 296 g/mol. The minimum absolute atomic E-state index is 0.226. The summed E-state index contributed by atoms with van der Waals surface area (Å²) >= 11 is 0. The van der Waals surface area contributed by atoms with Crippen molar-refractivity contribution in [3.8, 4) is 0 Å². The van der Waals surface area contributed by atoms with Crippen molar-refractivity contribution in [2.75, 3.05) is 19.6 Å². The summed E-state index contributed by atoms with van der Waals surface area (Å²) in [6.07, 6.45) is -0.403. The van der Waals surface area contributed by atoms with E-state index in [0.717, 1.165) is 5.56 Å². The number of ether oxygens (including phenoxy) is 2. The van der Waals surface area contributed by atoms with Crippen molar-refractivity contribution < 1.29 is 19.1 Å². The lowest BCUT2D eigenvalue weighted by atomic mass is 10.2. The molecule has 1 atom stereocenters. The average molecular weight is 320 g/mol. The van der Waals surface area contributed by atoms with E-state index in [1.54, 1.807) is 0 Å². The minimum Gasteiger partial charge on any atom is -0.460 e. The second kappa shape index (κ2) is 7.46. The predicted molar refractivity (Wildman–Crippen MR) is 85.8 cm³/mol. The van der Waals surface area contributed by atoms with Gasteiger partial charge in [-0.2, -0.15) is 0 Å². The SMILES string of the molecule is CC(C)(C)OC(=O)N1CCN[C@H](C(=O)OCc2ccccc2)C1. The van der Waals surface area contributed by atoms with Crippen LogP contribution >= 0.6 is 0 Å². The van der Waals surface area contributed by atoms with Gasteiger partial charge < -0.3 is 19.7 Å². The molecule has 0 aromatic heterocycles. The fourth-order valence-electron chi connectivity index (χ4n) is 2.23. The van der Waals surface area contributed by atoms with Gasteiger partial charge in [0, 0.05) is 13.1 Å². The summed E-state index contributed by atoms with van der Waals surface area (Å²) in [6, 6.07) is 8.97. The first-order valence-electron chi connectivity index (χ1n) is 7.77. The lowest BCUT2D eigenvalue weighted by Gasteiger charge is -2.33. The maximum atomic E-state index is 12.2. The Bertz CT molecular complexity index is 539. The van der Waals surface area contributed by atoms with E-state index in [4.69, 9.17) is 9.47 Å². The van der Waals surface area contributed by atoms with Crippen LogP contribution in [0.5, 0.6) is 0 Å². The molecule has 2 rings (SSSR count). The van der Waals surface area contributed by atoms with Gasteiger partial charge in [-0.3, -0.25) is 4.79 Å². The maximum Gasteiger partial charge on any atom is 0.410 e. The van der Waals surface area contributed by atoms with Crippen molar-refractivity contribution in [2.45, 2.75) is 39.0 Å². The Labute approximate surface area is 136 Å². The standard InChI is InChI=1S/C17H24N2O4/c1-17(2,3)23-16(21)19-10-9-18-14(11-19)15(20)22-12-13-7-5-4-6-8-13/h4-8,14,18H,9-12H2,1-3H3/t14-/m0/s1. The highest BCUT2D eigenvalue weighted by Gasteiger charge is 2.31. The van der Waals surface area contributed by atoms with Crippen LogP contribution in [0.3, 0.4) is 0 Å². The third-order valence-corrected chi connectivity index (χ3v) is 3.34. The van der Waals surface area contributed by atoms with Crippen molar-refractivity contribution in [1.29, 1.82) is 0 Å². The van der Waals surface area contributed by atoms with Gasteiger partial charge in [-0.1, -0.05) is 30.3 Å². The summed E-state index contributed by atoms with van der Waals surface area (Å²) in [4.78, 5) is 25.8. The van der Waals surface area contributed by atoms with Gasteiger partial charge in [-0.25, -0.2) is 4.79 Å². The Morgan fingerprint density at radius 1 is 1.26 bits per heavy atom. The molecule has 0 unspecified atom stereocenters. The molecule has 1 N–H and O–H groups in total. The number of nitrogens with one attached hydrogen (secondary N) is 1. The van der Waals surface area contributed by atoms with E-state index in [9.17, 15) is 9.59 Å². The zero-order valence-electron chi connectivity index (χ0n) is 13.9. The van der Waals surface area contributed by atoms with E-state index in [2.05, 4.69) is 5.32 Å². The lowest BCUT2D eigenvalue weighted by Crippen LogP contribution is -2.56. The molecule has 0 saturated carbocycles. The third-order valence-electron chi connectivity index (χ3n) is 3.34. The molecule has 6 nitrogen and oxygen atoms in total. The highest BCUT2D eigenvalue weighted by Crippen LogP contribution is 2.12. The number of hydrogen-bond acceptors (Lipinski definition) is 5. The summed E-state index contributed by atoms with van der Waals surface area (Å²) in [5.41, 5.74) is 0.381. The van der Waals surface area contributed by atoms with Crippen LogP contribution < -0.4 is 5.32 Å². The fraction of sp³-hybridized carbons (Fsp3) is 0.529. The van der Waals surface area contributed by atoms with Crippen molar-refractivity contribution in [2.24, 2.45) is 0 Å². The predicted octanol–water partition coefficient (Wildman–Crippen LogP) is 1.94. The number of rotatable bonds is 3. The Balaban J connectivity index is 1.85. The van der Waals surface area contributed by atoms with Crippen molar-refractivity contribution in [3.63, 3.8) is 0 Å². The van der Waals surface area contributed by atoms with Gasteiger partial charge in [-0.05, 0) is 26.3 Å². The molecule has 0 aliphatic carbocycles. The Hall–Kier alpha value is -2.08. The van der Waals surface area contributed by atoms with Gasteiger partial charge in [0.05, 0.1) is 6.54 Å². The minimum atomic E-state index is -0.550. The maximum absolute atomic E-state index is 12.2. The van der Waals surface area contributed by atoms with Crippen molar-refractivity contribution in [3.05, 3.63) is 35.9 Å². The van der Waals surface area contributed by atoms with Crippen LogP contribution in [0.25, 0.3) is 0 Å². The first-order valence-corrected chi connectivity index (χ1v) is 7.77. The quantitative estimate of drug-likeness (QED) is 0.862. The first-order chi connectivity index (χ1) is 10.8. The molecule has 0 radical (unpaired) electrons. The number of carbonyl (C=O) groups is 2. The van der Waals surface area contributed by atoms with Crippen LogP contribution in [-0.2, 0) is 20.9 Å². The van der Waals surface area contributed by atoms with Crippen LogP contribution in [0.4, 0.5) is 4.79 Å². The zero-order valence-corrected chi connectivity index (χ0v) is 13.9. The normalized spacial score (nSPS) is 18.4. The van der Waals surface area contributed by atoms with Crippen LogP contribution in [0.1, 0.15) is 26.3 Å². The van der Waals surface area contributed by atoms with Gasteiger partial charge >= 0.3 is 12.1 Å². The molecule has 1 fully saturated rings. The van der Waals surface area contributed by atoms with Gasteiger partial charge in [0.1, 0.15) is 18.2 Å². The number of hydrogen-bond donors (Lipinski definition) is 1. The van der Waals surface area contributed by atoms with E-state index in [1.165, 1.54) is 4.90 Å². The van der Waals surface area contributed by atoms with Gasteiger partial charge in [0.25, 0.3) is 0 Å². The van der Waals surface area contributed by atoms with Gasteiger partial charge in [0.15, 0.2) is 0 Å². The topological polar surface area (TPSA) is 67.9 Å². The molecular formula is C17H24N2O4. The summed E-state index contributed by atoms with van der Waals surface area (Å²) in [6.45, 7) is 6.98. The molecule has 1 heterocycles. The van der Waals surface area contributed by atoms with E-state index >= 15 is 0 Å². The number of esters is 1. The smallest absolute Gasteiger partial charge is 0.410 e.